The molecule has 1 aromatic heterocycles. The van der Waals surface area contributed by atoms with Crippen molar-refractivity contribution in [2.75, 3.05) is 11.9 Å². The van der Waals surface area contributed by atoms with Gasteiger partial charge in [-0.25, -0.2) is 4.98 Å². The van der Waals surface area contributed by atoms with E-state index in [1.165, 1.54) is 25.7 Å². The SMILES string of the molecule is CC1CCC(CNc2ccc(Cl)nc2)CC1. The minimum absolute atomic E-state index is 0.553. The van der Waals surface area contributed by atoms with Gasteiger partial charge in [0.25, 0.3) is 0 Å². The molecule has 0 bridgehead atoms. The van der Waals surface area contributed by atoms with Crippen molar-refractivity contribution in [1.29, 1.82) is 0 Å². The van der Waals surface area contributed by atoms with Crippen LogP contribution in [0.3, 0.4) is 0 Å². The lowest BCUT2D eigenvalue weighted by Gasteiger charge is -2.26. The van der Waals surface area contributed by atoms with E-state index in [4.69, 9.17) is 11.6 Å². The topological polar surface area (TPSA) is 24.9 Å². The molecule has 0 atom stereocenters. The zero-order valence-corrected chi connectivity index (χ0v) is 10.5. The van der Waals surface area contributed by atoms with Crippen LogP contribution in [0, 0.1) is 11.8 Å². The summed E-state index contributed by atoms with van der Waals surface area (Å²) in [6.07, 6.45) is 7.27. The third kappa shape index (κ3) is 3.38. The van der Waals surface area contributed by atoms with Crippen LogP contribution in [-0.4, -0.2) is 11.5 Å². The maximum Gasteiger partial charge on any atom is 0.129 e. The largest absolute Gasteiger partial charge is 0.384 e. The Bertz CT molecular complexity index is 315. The molecule has 1 N–H and O–H groups in total. The lowest BCUT2D eigenvalue weighted by atomic mass is 9.83. The smallest absolute Gasteiger partial charge is 0.129 e. The van der Waals surface area contributed by atoms with Crippen molar-refractivity contribution in [3.63, 3.8) is 0 Å². The quantitative estimate of drug-likeness (QED) is 0.806. The number of hydrogen-bond acceptors (Lipinski definition) is 2. The summed E-state index contributed by atoms with van der Waals surface area (Å²) in [4.78, 5) is 4.06. The van der Waals surface area contributed by atoms with Crippen LogP contribution in [0.4, 0.5) is 5.69 Å². The second kappa shape index (κ2) is 5.53. The molecule has 1 aliphatic carbocycles. The van der Waals surface area contributed by atoms with Gasteiger partial charge in [0.05, 0.1) is 11.9 Å². The van der Waals surface area contributed by atoms with Crippen molar-refractivity contribution in [2.24, 2.45) is 11.8 Å². The van der Waals surface area contributed by atoms with Crippen molar-refractivity contribution in [2.45, 2.75) is 32.6 Å². The Hall–Kier alpha value is -0.760. The highest BCUT2D eigenvalue weighted by molar-refractivity contribution is 6.29. The van der Waals surface area contributed by atoms with Crippen LogP contribution in [0.15, 0.2) is 18.3 Å². The highest BCUT2D eigenvalue weighted by atomic mass is 35.5. The van der Waals surface area contributed by atoms with E-state index in [-0.39, 0.29) is 0 Å². The standard InChI is InChI=1S/C13H19ClN2/c1-10-2-4-11(5-3-10)8-15-12-6-7-13(14)16-9-12/h6-7,9-11,15H,2-5,8H2,1H3. The second-order valence-corrected chi connectivity index (χ2v) is 5.26. The number of halogens is 1. The fraction of sp³-hybridized carbons (Fsp3) is 0.615. The first-order chi connectivity index (χ1) is 7.74. The first-order valence-corrected chi connectivity index (χ1v) is 6.47. The van der Waals surface area contributed by atoms with E-state index in [1.807, 2.05) is 12.1 Å². The summed E-state index contributed by atoms with van der Waals surface area (Å²) in [6, 6.07) is 3.81. The summed E-state index contributed by atoms with van der Waals surface area (Å²) in [5.41, 5.74) is 1.07. The highest BCUT2D eigenvalue weighted by Crippen LogP contribution is 2.28. The van der Waals surface area contributed by atoms with E-state index >= 15 is 0 Å². The van der Waals surface area contributed by atoms with Crippen molar-refractivity contribution < 1.29 is 0 Å². The molecule has 0 unspecified atom stereocenters. The van der Waals surface area contributed by atoms with Crippen molar-refractivity contribution in [1.82, 2.24) is 4.98 Å². The molecule has 0 aromatic carbocycles. The van der Waals surface area contributed by atoms with Crippen molar-refractivity contribution in [3.05, 3.63) is 23.5 Å². The number of rotatable bonds is 3. The maximum absolute atomic E-state index is 5.74. The lowest BCUT2D eigenvalue weighted by Crippen LogP contribution is -2.20. The molecule has 0 saturated heterocycles. The van der Waals surface area contributed by atoms with Gasteiger partial charge in [-0.15, -0.1) is 0 Å². The van der Waals surface area contributed by atoms with Crippen LogP contribution in [0.1, 0.15) is 32.6 Å². The second-order valence-electron chi connectivity index (χ2n) is 4.88. The van der Waals surface area contributed by atoms with E-state index in [0.717, 1.165) is 24.1 Å². The van der Waals surface area contributed by atoms with E-state index in [1.54, 1.807) is 6.20 Å². The number of pyridine rings is 1. The third-order valence-electron chi connectivity index (χ3n) is 3.46. The summed E-state index contributed by atoms with van der Waals surface area (Å²) < 4.78 is 0. The Labute approximate surface area is 102 Å². The van der Waals surface area contributed by atoms with Crippen LogP contribution in [0.2, 0.25) is 5.15 Å². The molecule has 0 amide bonds. The summed E-state index contributed by atoms with van der Waals surface area (Å²) in [7, 11) is 0. The molecule has 1 aromatic rings. The number of anilines is 1. The fourth-order valence-electron chi connectivity index (χ4n) is 2.28. The van der Waals surface area contributed by atoms with E-state index < -0.39 is 0 Å². The number of aromatic nitrogens is 1. The van der Waals surface area contributed by atoms with Gasteiger partial charge in [-0.2, -0.15) is 0 Å². The molecule has 1 heterocycles. The predicted octanol–water partition coefficient (Wildman–Crippen LogP) is 3.97. The summed E-state index contributed by atoms with van der Waals surface area (Å²) >= 11 is 5.74. The van der Waals surface area contributed by atoms with E-state index in [9.17, 15) is 0 Å². The predicted molar refractivity (Wildman–Crippen MR) is 68.9 cm³/mol. The lowest BCUT2D eigenvalue weighted by molar-refractivity contribution is 0.300. The van der Waals surface area contributed by atoms with Gasteiger partial charge in [0.2, 0.25) is 0 Å². The first-order valence-electron chi connectivity index (χ1n) is 6.09. The first kappa shape index (κ1) is 11.7. The van der Waals surface area contributed by atoms with E-state index in [0.29, 0.717) is 5.15 Å². The van der Waals surface area contributed by atoms with Gasteiger partial charge in [0, 0.05) is 6.54 Å². The van der Waals surface area contributed by atoms with Gasteiger partial charge < -0.3 is 5.32 Å². The average Bonchev–Trinajstić information content (AvgIpc) is 2.30. The highest BCUT2D eigenvalue weighted by Gasteiger charge is 2.17. The third-order valence-corrected chi connectivity index (χ3v) is 3.68. The zero-order valence-electron chi connectivity index (χ0n) is 9.75. The van der Waals surface area contributed by atoms with Crippen molar-refractivity contribution >= 4 is 17.3 Å². The Morgan fingerprint density at radius 2 is 2.06 bits per heavy atom. The molecule has 0 spiro atoms. The molecule has 0 aliphatic heterocycles. The molecular formula is C13H19ClN2. The molecule has 3 heteroatoms. The Balaban J connectivity index is 1.77. The molecule has 2 nitrogen and oxygen atoms in total. The number of nitrogens with zero attached hydrogens (tertiary/aromatic N) is 1. The molecular weight excluding hydrogens is 220 g/mol. The monoisotopic (exact) mass is 238 g/mol. The normalized spacial score (nSPS) is 25.4. The minimum atomic E-state index is 0.553. The summed E-state index contributed by atoms with van der Waals surface area (Å²) in [6.45, 7) is 3.42. The Morgan fingerprint density at radius 1 is 1.31 bits per heavy atom. The molecule has 1 fully saturated rings. The van der Waals surface area contributed by atoms with Crippen LogP contribution in [-0.2, 0) is 0 Å². The fourth-order valence-corrected chi connectivity index (χ4v) is 2.39. The van der Waals surface area contributed by atoms with Gasteiger partial charge in [-0.3, -0.25) is 0 Å². The van der Waals surface area contributed by atoms with Gasteiger partial charge in [0.15, 0.2) is 0 Å². The molecule has 0 radical (unpaired) electrons. The number of nitrogens with one attached hydrogen (secondary N) is 1. The van der Waals surface area contributed by atoms with Gasteiger partial charge in [-0.1, -0.05) is 31.4 Å². The zero-order chi connectivity index (χ0) is 11.4. The van der Waals surface area contributed by atoms with Gasteiger partial charge in [0.1, 0.15) is 5.15 Å². The van der Waals surface area contributed by atoms with Crippen LogP contribution >= 0.6 is 11.6 Å². The van der Waals surface area contributed by atoms with Crippen LogP contribution in [0.25, 0.3) is 0 Å². The van der Waals surface area contributed by atoms with Crippen LogP contribution in [0.5, 0.6) is 0 Å². The molecule has 16 heavy (non-hydrogen) atoms. The molecule has 1 aliphatic rings. The van der Waals surface area contributed by atoms with Crippen molar-refractivity contribution in [3.8, 4) is 0 Å². The average molecular weight is 239 g/mol. The van der Waals surface area contributed by atoms with Crippen LogP contribution < -0.4 is 5.32 Å². The molecule has 2 rings (SSSR count). The maximum atomic E-state index is 5.74. The number of hydrogen-bond donors (Lipinski definition) is 1. The Kier molecular flexibility index (Phi) is 4.05. The van der Waals surface area contributed by atoms with Gasteiger partial charge >= 0.3 is 0 Å². The van der Waals surface area contributed by atoms with Gasteiger partial charge in [-0.05, 0) is 36.8 Å². The molecule has 88 valence electrons. The summed E-state index contributed by atoms with van der Waals surface area (Å²) in [5, 5.41) is 3.99. The minimum Gasteiger partial charge on any atom is -0.384 e. The van der Waals surface area contributed by atoms with E-state index in [2.05, 4.69) is 17.2 Å². The molecule has 1 saturated carbocycles. The summed E-state index contributed by atoms with van der Waals surface area (Å²) in [5.74, 6) is 1.75. The Morgan fingerprint density at radius 3 is 2.69 bits per heavy atom.